The summed E-state index contributed by atoms with van der Waals surface area (Å²) >= 11 is 3.25. The zero-order valence-electron chi connectivity index (χ0n) is 48.4. The number of nitrogens with one attached hydrogen (secondary N) is 7. The van der Waals surface area contributed by atoms with Crippen molar-refractivity contribution >= 4 is 75.1 Å². The number of benzene rings is 2. The van der Waals surface area contributed by atoms with Crippen LogP contribution in [0.2, 0.25) is 0 Å². The van der Waals surface area contributed by atoms with E-state index in [1.807, 2.05) is 0 Å². The van der Waals surface area contributed by atoms with E-state index in [0.29, 0.717) is 18.4 Å². The molecule has 0 aromatic heterocycles. The van der Waals surface area contributed by atoms with Gasteiger partial charge in [-0.15, -0.1) is 0 Å². The Morgan fingerprint density at radius 3 is 1.99 bits per heavy atom. The number of aromatic hydroxyl groups is 2. The van der Waals surface area contributed by atoms with Crippen molar-refractivity contribution in [2.45, 2.75) is 186 Å². The molecule has 83 heavy (non-hydrogen) atoms. The number of aliphatic hydroxyl groups excluding tert-OH is 4. The first-order valence-corrected chi connectivity index (χ1v) is 28.5. The number of halogens is 1. The van der Waals surface area contributed by atoms with Crippen molar-refractivity contribution in [1.82, 2.24) is 47.0 Å². The molecule has 13 atom stereocenters. The molecule has 2 bridgehead atoms. The lowest BCUT2D eigenvalue weighted by Crippen LogP contribution is -2.67. The third-order valence-corrected chi connectivity index (χ3v) is 15.0. The van der Waals surface area contributed by atoms with Gasteiger partial charge in [-0.2, -0.15) is 0 Å². The van der Waals surface area contributed by atoms with Gasteiger partial charge in [0.2, 0.25) is 47.3 Å². The molecule has 13 N–H and O–H groups in total. The number of phenolic OH excluding ortho intramolecular Hbond substituents is 2. The second-order valence-corrected chi connectivity index (χ2v) is 23.2. The zero-order chi connectivity index (χ0) is 62.3. The molecule has 2 unspecified atom stereocenters. The number of nitrogens with zero attached hydrogens (tertiary/aromatic N) is 2. The van der Waals surface area contributed by atoms with E-state index < -0.39 is 156 Å². The molecule has 0 aliphatic carbocycles. The number of aliphatic hydroxyl groups is 4. The maximum atomic E-state index is 14.7. The van der Waals surface area contributed by atoms with Gasteiger partial charge in [0.05, 0.1) is 17.2 Å². The number of hydrogen-bond donors (Lipinski definition) is 13. The lowest BCUT2D eigenvalue weighted by atomic mass is 9.96. The number of carbonyl (C=O) groups excluding carboxylic acids is 10. The summed E-state index contributed by atoms with van der Waals surface area (Å²) in [6, 6.07) is -3.15. The number of ether oxygens (including phenoxy) is 1. The molecular formula is C56H82BrN9O17. The van der Waals surface area contributed by atoms with E-state index in [1.54, 1.807) is 53.7 Å². The SMILES string of the molecule is CC(C)C[C@@H]1NC(=O)C(NC(=O)[C@H](NC(=O)[C@H](C)NC(=O)[C@H](CCCc2ccc(O)cc2)NC(=O)[C@H](O)CO)C(C)C)[C@@H](C)OC(=O)[C@H](C(C)C)NC(=O)[C@H](Cc2ccc(O)c(Br)c2)N(C)C(=O)C([C@H](C)O)N2C(=O)[C@H](CC[C@H]2O)NC1=O. The summed E-state index contributed by atoms with van der Waals surface area (Å²) in [6.45, 7) is 12.5. The fraction of sp³-hybridized carbons (Fsp3) is 0.607. The van der Waals surface area contributed by atoms with Crippen LogP contribution >= 0.6 is 15.9 Å². The van der Waals surface area contributed by atoms with Gasteiger partial charge in [0.25, 0.3) is 5.91 Å². The fourth-order valence-electron chi connectivity index (χ4n) is 9.52. The van der Waals surface area contributed by atoms with E-state index in [1.165, 1.54) is 58.2 Å². The zero-order valence-corrected chi connectivity index (χ0v) is 50.0. The van der Waals surface area contributed by atoms with E-state index in [9.17, 15) is 78.6 Å². The largest absolute Gasteiger partial charge is 0.508 e. The molecule has 460 valence electrons. The van der Waals surface area contributed by atoms with Crippen molar-refractivity contribution < 1.29 is 83.3 Å². The smallest absolute Gasteiger partial charge is 0.329 e. The number of aryl methyl sites for hydroxylation is 1. The number of hydrogen-bond acceptors (Lipinski definition) is 17. The van der Waals surface area contributed by atoms with Gasteiger partial charge in [-0.1, -0.05) is 59.7 Å². The Bertz CT molecular complexity index is 2640. The highest BCUT2D eigenvalue weighted by molar-refractivity contribution is 9.10. The molecule has 2 aliphatic heterocycles. The van der Waals surface area contributed by atoms with Gasteiger partial charge in [-0.3, -0.25) is 43.2 Å². The van der Waals surface area contributed by atoms with Crippen LogP contribution in [0.15, 0.2) is 46.9 Å². The number of phenols is 2. The minimum Gasteiger partial charge on any atom is -0.508 e. The van der Waals surface area contributed by atoms with Crippen LogP contribution in [0.25, 0.3) is 0 Å². The second-order valence-electron chi connectivity index (χ2n) is 22.3. The highest BCUT2D eigenvalue weighted by Gasteiger charge is 2.47. The molecule has 2 saturated heterocycles. The van der Waals surface area contributed by atoms with Crippen LogP contribution < -0.4 is 37.2 Å². The Kier molecular flexibility index (Phi) is 25.7. The number of carbonyl (C=O) groups is 10. The fourth-order valence-corrected chi connectivity index (χ4v) is 9.95. The van der Waals surface area contributed by atoms with Crippen molar-refractivity contribution in [2.24, 2.45) is 17.8 Å². The van der Waals surface area contributed by atoms with Gasteiger partial charge in [0, 0.05) is 13.5 Å². The number of likely N-dealkylation sites (N-methyl/N-ethyl adjacent to an activating group) is 1. The number of piperidine rings is 1. The van der Waals surface area contributed by atoms with Gasteiger partial charge in [0.1, 0.15) is 78.2 Å². The molecule has 4 rings (SSSR count). The molecule has 2 aliphatic rings. The monoisotopic (exact) mass is 1230 g/mol. The lowest BCUT2D eigenvalue weighted by molar-refractivity contribution is -0.170. The number of cyclic esters (lactones) is 1. The first-order chi connectivity index (χ1) is 38.9. The van der Waals surface area contributed by atoms with Gasteiger partial charge >= 0.3 is 5.97 Å². The second kappa shape index (κ2) is 31.1. The molecule has 2 aromatic rings. The predicted octanol–water partition coefficient (Wildman–Crippen LogP) is -0.987. The molecule has 27 heteroatoms. The maximum absolute atomic E-state index is 14.7. The first-order valence-electron chi connectivity index (χ1n) is 27.7. The molecular weight excluding hydrogens is 1150 g/mol. The van der Waals surface area contributed by atoms with Gasteiger partial charge in [0.15, 0.2) is 6.10 Å². The summed E-state index contributed by atoms with van der Waals surface area (Å²) in [7, 11) is 1.23. The van der Waals surface area contributed by atoms with Crippen LogP contribution in [-0.2, 0) is 65.5 Å². The van der Waals surface area contributed by atoms with Crippen LogP contribution in [0, 0.1) is 17.8 Å². The van der Waals surface area contributed by atoms with Crippen LogP contribution in [0.5, 0.6) is 11.5 Å². The molecule has 0 saturated carbocycles. The standard InChI is InChI=1S/C56H82BrN9O17/c1-26(2)22-38-49(75)60-37-19-21-42(72)66(54(37)80)46(30(8)68)55(81)65(10)39(24-33-16-20-40(70)35(57)23-33)50(76)63-44(28(5)6)56(82)83-31(9)45(53(79)61-38)64-52(78)43(27(3)4)62-47(73)29(7)58-48(74)36(59-51(77)41(71)25-67)13-11-12-32-14-17-34(69)18-15-32/h14-18,20,23,26-31,36-39,41-46,67-72H,11-13,19,21-22,24-25H2,1-10H3,(H,58,74)(H,59,77)(H,60,75)(H,61,79)(H,62,73)(H,63,76)(H,64,78)/t29-,30-,31+,36-,37-,38-,39-,41+,42+,43+,44-,45?,46?/m0/s1. The summed E-state index contributed by atoms with van der Waals surface area (Å²) in [5.74, 6) is -11.7. The van der Waals surface area contributed by atoms with Crippen LogP contribution in [-0.4, -0.2) is 192 Å². The number of fused-ring (bicyclic) bond motifs is 2. The molecule has 26 nitrogen and oxygen atoms in total. The summed E-state index contributed by atoms with van der Waals surface area (Å²) < 4.78 is 6.14. The Hall–Kier alpha value is -6.94. The number of rotatable bonds is 20. The maximum Gasteiger partial charge on any atom is 0.329 e. The summed E-state index contributed by atoms with van der Waals surface area (Å²) in [6.07, 6.45) is -6.75. The Balaban J connectivity index is 1.72. The molecule has 0 radical (unpaired) electrons. The van der Waals surface area contributed by atoms with E-state index in [4.69, 9.17) is 4.74 Å². The molecule has 0 spiro atoms. The Morgan fingerprint density at radius 1 is 0.771 bits per heavy atom. The van der Waals surface area contributed by atoms with Crippen LogP contribution in [0.1, 0.15) is 106 Å². The Labute approximate surface area is 490 Å². The highest BCUT2D eigenvalue weighted by Crippen LogP contribution is 2.28. The van der Waals surface area contributed by atoms with E-state index in [-0.39, 0.29) is 54.0 Å². The molecule has 2 aromatic carbocycles. The first kappa shape index (κ1) is 68.6. The average Bonchev–Trinajstić information content (AvgIpc) is 3.51. The van der Waals surface area contributed by atoms with Gasteiger partial charge in [-0.25, -0.2) is 4.79 Å². The third kappa shape index (κ3) is 19.0. The van der Waals surface area contributed by atoms with Crippen LogP contribution in [0.3, 0.4) is 0 Å². The summed E-state index contributed by atoms with van der Waals surface area (Å²) in [5.41, 5.74) is 1.20. The van der Waals surface area contributed by atoms with Crippen molar-refractivity contribution in [3.8, 4) is 11.5 Å². The van der Waals surface area contributed by atoms with Gasteiger partial charge in [-0.05, 0) is 128 Å². The molecule has 2 fully saturated rings. The van der Waals surface area contributed by atoms with E-state index >= 15 is 0 Å². The topological polar surface area (TPSA) is 392 Å². The third-order valence-electron chi connectivity index (χ3n) is 14.4. The molecule has 9 amide bonds. The van der Waals surface area contributed by atoms with E-state index in [0.717, 1.165) is 15.4 Å². The number of esters is 1. The predicted molar refractivity (Wildman–Crippen MR) is 302 cm³/mol. The van der Waals surface area contributed by atoms with Crippen molar-refractivity contribution in [3.63, 3.8) is 0 Å². The molecule has 2 heterocycles. The number of amides is 9. The highest BCUT2D eigenvalue weighted by atomic mass is 79.9. The lowest BCUT2D eigenvalue weighted by Gasteiger charge is -2.43. The summed E-state index contributed by atoms with van der Waals surface area (Å²) in [5, 5.41) is 79.7. The Morgan fingerprint density at radius 2 is 1.41 bits per heavy atom. The van der Waals surface area contributed by atoms with Crippen molar-refractivity contribution in [3.05, 3.63) is 58.1 Å². The van der Waals surface area contributed by atoms with Crippen molar-refractivity contribution in [1.29, 1.82) is 0 Å². The normalized spacial score (nSPS) is 24.2. The summed E-state index contributed by atoms with van der Waals surface area (Å²) in [4.78, 5) is 144. The average molecular weight is 1230 g/mol. The van der Waals surface area contributed by atoms with Crippen molar-refractivity contribution in [2.75, 3.05) is 13.7 Å². The minimum atomic E-state index is -1.86. The van der Waals surface area contributed by atoms with Crippen LogP contribution in [0.4, 0.5) is 0 Å². The van der Waals surface area contributed by atoms with E-state index in [2.05, 4.69) is 53.1 Å². The van der Waals surface area contributed by atoms with Gasteiger partial charge < -0.3 is 82.4 Å². The quantitative estimate of drug-likeness (QED) is 0.0708. The minimum absolute atomic E-state index is 0.00216.